The number of carbonyl (C=O) groups is 2. The Morgan fingerprint density at radius 3 is 2.67 bits per heavy atom. The van der Waals surface area contributed by atoms with Gasteiger partial charge in [0, 0.05) is 17.7 Å². The molecule has 0 bridgehead atoms. The highest BCUT2D eigenvalue weighted by Gasteiger charge is 2.48. The maximum atomic E-state index is 13.9. The zero-order valence-corrected chi connectivity index (χ0v) is 29.0. The van der Waals surface area contributed by atoms with Crippen LogP contribution in [0.25, 0.3) is 16.5 Å². The Bertz CT molecular complexity index is 2090. The normalized spacial score (nSPS) is 18.1. The minimum Gasteiger partial charge on any atom is -0.507 e. The lowest BCUT2D eigenvalue weighted by atomic mass is 9.94. The van der Waals surface area contributed by atoms with Gasteiger partial charge in [-0.3, -0.25) is 14.5 Å². The number of carbonyl (C=O) groups excluding carboxylic acids is 2. The van der Waals surface area contributed by atoms with Crippen molar-refractivity contribution in [2.24, 2.45) is 0 Å². The number of fused-ring (bicyclic) bond motifs is 2. The first-order valence-corrected chi connectivity index (χ1v) is 18.1. The lowest BCUT2D eigenvalue weighted by molar-refractivity contribution is -0.132. The second-order valence-corrected chi connectivity index (χ2v) is 14.1. The number of aliphatic hydroxyl groups excluding tert-OH is 1. The molecule has 1 saturated heterocycles. The molecule has 4 aromatic carbocycles. The molecule has 1 N–H and O–H groups in total. The van der Waals surface area contributed by atoms with Gasteiger partial charge in [-0.05, 0) is 78.1 Å². The number of anilines is 1. The van der Waals surface area contributed by atoms with Gasteiger partial charge in [0.1, 0.15) is 17.6 Å². The van der Waals surface area contributed by atoms with Gasteiger partial charge in [0.15, 0.2) is 15.8 Å². The average molecular weight is 694 g/mol. The topological polar surface area (TPSA) is 111 Å². The summed E-state index contributed by atoms with van der Waals surface area (Å²) in [6, 6.07) is 24.1. The maximum Gasteiger partial charge on any atom is 0.301 e. The maximum absolute atomic E-state index is 13.9. The molecule has 2 aliphatic heterocycles. The van der Waals surface area contributed by atoms with E-state index in [1.165, 1.54) is 28.0 Å². The van der Waals surface area contributed by atoms with Gasteiger partial charge in [0.25, 0.3) is 5.78 Å². The number of benzene rings is 4. The zero-order chi connectivity index (χ0) is 34.1. The summed E-state index contributed by atoms with van der Waals surface area (Å²) >= 11 is 2.74. The number of hydrogen-bond donors (Lipinski definition) is 1. The Morgan fingerprint density at radius 1 is 1.00 bits per heavy atom. The van der Waals surface area contributed by atoms with Crippen molar-refractivity contribution in [2.75, 3.05) is 18.1 Å². The SMILES string of the molecule is CCCOc1ccc([C@H]2C(=C(O)c3ccc4c(c3)C[C@@H](C)O4)C(=O)C(=O)N2c2nnc(SCc3cccc4ccccc34)s2)cc1OCC. The van der Waals surface area contributed by atoms with E-state index in [-0.39, 0.29) is 22.6 Å². The molecule has 250 valence electrons. The van der Waals surface area contributed by atoms with Crippen molar-refractivity contribution in [1.82, 2.24) is 10.2 Å². The first kappa shape index (κ1) is 32.7. The van der Waals surface area contributed by atoms with Crippen LogP contribution in [-0.4, -0.2) is 46.3 Å². The van der Waals surface area contributed by atoms with Gasteiger partial charge in [0.2, 0.25) is 5.13 Å². The Morgan fingerprint density at radius 2 is 1.84 bits per heavy atom. The van der Waals surface area contributed by atoms with Crippen LogP contribution < -0.4 is 19.1 Å². The fourth-order valence-electron chi connectivity index (χ4n) is 6.28. The molecule has 0 radical (unpaired) electrons. The number of amides is 1. The van der Waals surface area contributed by atoms with Crippen LogP contribution in [-0.2, 0) is 21.8 Å². The number of hydrogen-bond acceptors (Lipinski definition) is 10. The summed E-state index contributed by atoms with van der Waals surface area (Å²) in [7, 11) is 0. The summed E-state index contributed by atoms with van der Waals surface area (Å²) in [5, 5.41) is 23.2. The third-order valence-corrected chi connectivity index (χ3v) is 10.6. The molecular weight excluding hydrogens is 659 g/mol. The number of Topliss-reactive ketones (excluding diaryl/α,β-unsaturated/α-hetero) is 1. The van der Waals surface area contributed by atoms with Crippen LogP contribution in [0.1, 0.15) is 55.5 Å². The fraction of sp³-hybridized carbons (Fsp3) is 0.263. The van der Waals surface area contributed by atoms with Crippen molar-refractivity contribution < 1.29 is 28.9 Å². The highest BCUT2D eigenvalue weighted by molar-refractivity contribution is 8.00. The standard InChI is InChI=1S/C38H35N3O6S2/c1-4-17-46-30-16-13-24(20-31(30)45-5-2)33-32(34(42)25-14-15-29-27(19-25)18-22(3)47-29)35(43)36(44)41(33)37-39-40-38(49-37)48-21-26-11-8-10-23-9-6-7-12-28(23)26/h6-16,19-20,22,33,42H,4-5,17-18,21H2,1-3H3/t22-,33+/m1/s1. The third-order valence-electron chi connectivity index (χ3n) is 8.49. The summed E-state index contributed by atoms with van der Waals surface area (Å²) in [6.45, 7) is 6.76. The van der Waals surface area contributed by atoms with E-state index in [1.54, 1.807) is 30.3 Å². The number of ether oxygens (including phenoxy) is 3. The van der Waals surface area contributed by atoms with Crippen LogP contribution in [0.2, 0.25) is 0 Å². The molecule has 7 rings (SSSR count). The van der Waals surface area contributed by atoms with Crippen molar-refractivity contribution in [3.8, 4) is 17.2 Å². The molecule has 1 fully saturated rings. The van der Waals surface area contributed by atoms with Crippen LogP contribution in [0.3, 0.4) is 0 Å². The van der Waals surface area contributed by atoms with Crippen molar-refractivity contribution in [2.45, 2.75) is 55.9 Å². The van der Waals surface area contributed by atoms with Crippen molar-refractivity contribution in [1.29, 1.82) is 0 Å². The molecule has 2 atom stereocenters. The molecule has 49 heavy (non-hydrogen) atoms. The third kappa shape index (κ3) is 6.36. The van der Waals surface area contributed by atoms with E-state index < -0.39 is 17.7 Å². The Labute approximate surface area is 292 Å². The second kappa shape index (κ2) is 13.9. The minimum absolute atomic E-state index is 0.00786. The summed E-state index contributed by atoms with van der Waals surface area (Å²) in [4.78, 5) is 29.1. The molecule has 1 amide bonds. The van der Waals surface area contributed by atoms with Crippen LogP contribution in [0.15, 0.2) is 88.8 Å². The number of aliphatic hydroxyl groups is 1. The van der Waals surface area contributed by atoms with E-state index in [0.717, 1.165) is 34.1 Å². The molecule has 3 heterocycles. The molecule has 1 aromatic heterocycles. The van der Waals surface area contributed by atoms with E-state index >= 15 is 0 Å². The summed E-state index contributed by atoms with van der Waals surface area (Å²) < 4.78 is 18.4. The van der Waals surface area contributed by atoms with Gasteiger partial charge in [-0.25, -0.2) is 0 Å². The molecule has 0 spiro atoms. The zero-order valence-electron chi connectivity index (χ0n) is 27.3. The fourth-order valence-corrected chi connectivity index (χ4v) is 8.15. The number of nitrogens with zero attached hydrogens (tertiary/aromatic N) is 3. The molecule has 0 aliphatic carbocycles. The monoisotopic (exact) mass is 693 g/mol. The summed E-state index contributed by atoms with van der Waals surface area (Å²) in [5.74, 6) is 0.551. The van der Waals surface area contributed by atoms with E-state index in [1.807, 2.05) is 45.0 Å². The van der Waals surface area contributed by atoms with Crippen molar-refractivity contribution >= 4 is 56.5 Å². The first-order valence-electron chi connectivity index (χ1n) is 16.3. The molecule has 0 saturated carbocycles. The van der Waals surface area contributed by atoms with E-state index in [0.29, 0.717) is 52.4 Å². The highest BCUT2D eigenvalue weighted by Crippen LogP contribution is 2.46. The largest absolute Gasteiger partial charge is 0.507 e. The Kier molecular flexibility index (Phi) is 9.29. The van der Waals surface area contributed by atoms with Gasteiger partial charge in [-0.1, -0.05) is 78.6 Å². The molecule has 2 aliphatic rings. The van der Waals surface area contributed by atoms with Crippen LogP contribution in [0.4, 0.5) is 5.13 Å². The van der Waals surface area contributed by atoms with Gasteiger partial charge in [-0.15, -0.1) is 10.2 Å². The molecule has 5 aromatic rings. The minimum atomic E-state index is -0.994. The lowest BCUT2D eigenvalue weighted by Crippen LogP contribution is -2.29. The Hall–Kier alpha value is -4.87. The van der Waals surface area contributed by atoms with Crippen molar-refractivity contribution in [3.05, 3.63) is 107 Å². The summed E-state index contributed by atoms with van der Waals surface area (Å²) in [6.07, 6.45) is 1.50. The average Bonchev–Trinajstić information content (AvgIpc) is 3.81. The summed E-state index contributed by atoms with van der Waals surface area (Å²) in [5.41, 5.74) is 3.03. The number of aromatic nitrogens is 2. The van der Waals surface area contributed by atoms with Gasteiger partial charge in [0.05, 0.1) is 24.8 Å². The van der Waals surface area contributed by atoms with Crippen molar-refractivity contribution in [3.63, 3.8) is 0 Å². The number of rotatable bonds is 11. The lowest BCUT2D eigenvalue weighted by Gasteiger charge is -2.23. The first-order chi connectivity index (χ1) is 23.9. The van der Waals surface area contributed by atoms with E-state index in [4.69, 9.17) is 14.2 Å². The van der Waals surface area contributed by atoms with Crippen LogP contribution in [0.5, 0.6) is 17.2 Å². The predicted octanol–water partition coefficient (Wildman–Crippen LogP) is 8.12. The number of ketones is 1. The predicted molar refractivity (Wildman–Crippen MR) is 192 cm³/mol. The van der Waals surface area contributed by atoms with E-state index in [2.05, 4.69) is 34.5 Å². The smallest absolute Gasteiger partial charge is 0.301 e. The van der Waals surface area contributed by atoms with Gasteiger partial charge in [-0.2, -0.15) is 0 Å². The van der Waals surface area contributed by atoms with E-state index in [9.17, 15) is 14.7 Å². The van der Waals surface area contributed by atoms with Crippen LogP contribution in [0, 0.1) is 0 Å². The quantitative estimate of drug-likeness (QED) is 0.0482. The number of thioether (sulfide) groups is 1. The Balaban J connectivity index is 1.28. The van der Waals surface area contributed by atoms with Crippen LogP contribution >= 0.6 is 23.1 Å². The second-order valence-electron chi connectivity index (χ2n) is 11.9. The molecule has 9 nitrogen and oxygen atoms in total. The highest BCUT2D eigenvalue weighted by atomic mass is 32.2. The van der Waals surface area contributed by atoms with Gasteiger partial charge >= 0.3 is 5.91 Å². The molecule has 11 heteroatoms. The van der Waals surface area contributed by atoms with Gasteiger partial charge < -0.3 is 19.3 Å². The molecular formula is C38H35N3O6S2. The molecule has 0 unspecified atom stereocenters.